The molecule has 0 saturated carbocycles. The fourth-order valence-corrected chi connectivity index (χ4v) is 6.41. The molecule has 2 aromatic carbocycles. The minimum atomic E-state index is -3.81. The predicted octanol–water partition coefficient (Wildman–Crippen LogP) is 2.30. The number of ether oxygens (including phenoxy) is 1. The number of carbonyl (C=O) groups is 1. The van der Waals surface area contributed by atoms with Crippen LogP contribution in [0, 0.1) is 6.92 Å². The summed E-state index contributed by atoms with van der Waals surface area (Å²) >= 11 is 0. The van der Waals surface area contributed by atoms with Gasteiger partial charge < -0.3 is 10.1 Å². The normalized spacial score (nSPS) is 20.1. The molecular formula is C22H29N3O6S2. The van der Waals surface area contributed by atoms with Gasteiger partial charge >= 0.3 is 0 Å². The highest BCUT2D eigenvalue weighted by Gasteiger charge is 2.32. The third kappa shape index (κ3) is 5.44. The highest BCUT2D eigenvalue weighted by atomic mass is 32.2. The summed E-state index contributed by atoms with van der Waals surface area (Å²) in [5.41, 5.74) is 0.974. The van der Waals surface area contributed by atoms with Crippen LogP contribution in [0.1, 0.15) is 29.8 Å². The molecule has 1 aliphatic rings. The molecule has 3 rings (SSSR count). The Morgan fingerprint density at radius 3 is 2.27 bits per heavy atom. The van der Waals surface area contributed by atoms with Crippen molar-refractivity contribution in [1.29, 1.82) is 0 Å². The van der Waals surface area contributed by atoms with Crippen LogP contribution in [0.5, 0.6) is 0 Å². The van der Waals surface area contributed by atoms with E-state index in [4.69, 9.17) is 4.74 Å². The molecule has 180 valence electrons. The molecular weight excluding hydrogens is 466 g/mol. The summed E-state index contributed by atoms with van der Waals surface area (Å²) in [6, 6.07) is 10.4. The zero-order valence-electron chi connectivity index (χ0n) is 19.3. The Morgan fingerprint density at radius 2 is 1.67 bits per heavy atom. The number of sulfonamides is 2. The molecule has 0 bridgehead atoms. The van der Waals surface area contributed by atoms with Gasteiger partial charge in [0.05, 0.1) is 22.0 Å². The second-order valence-corrected chi connectivity index (χ2v) is 12.4. The zero-order chi connectivity index (χ0) is 24.6. The molecule has 0 unspecified atom stereocenters. The Bertz CT molecular complexity index is 1250. The molecule has 2 atom stereocenters. The average molecular weight is 496 g/mol. The Morgan fingerprint density at radius 1 is 1.03 bits per heavy atom. The number of nitrogens with one attached hydrogen (secondary N) is 1. The van der Waals surface area contributed by atoms with Crippen molar-refractivity contribution in [3.8, 4) is 0 Å². The Kier molecular flexibility index (Phi) is 7.30. The fraction of sp³-hybridized carbons (Fsp3) is 0.409. The van der Waals surface area contributed by atoms with E-state index in [-0.39, 0.29) is 46.3 Å². The van der Waals surface area contributed by atoms with Gasteiger partial charge in [-0.15, -0.1) is 0 Å². The molecule has 1 aliphatic heterocycles. The van der Waals surface area contributed by atoms with Gasteiger partial charge in [-0.05, 0) is 56.7 Å². The molecule has 1 N–H and O–H groups in total. The summed E-state index contributed by atoms with van der Waals surface area (Å²) < 4.78 is 59.4. The van der Waals surface area contributed by atoms with Crippen LogP contribution >= 0.6 is 0 Å². The number of benzene rings is 2. The van der Waals surface area contributed by atoms with Gasteiger partial charge in [0.2, 0.25) is 20.0 Å². The second kappa shape index (κ2) is 9.51. The van der Waals surface area contributed by atoms with E-state index in [1.807, 2.05) is 13.8 Å². The maximum atomic E-state index is 13.1. The first-order chi connectivity index (χ1) is 15.3. The fourth-order valence-electron chi connectivity index (χ4n) is 3.63. The predicted molar refractivity (Wildman–Crippen MR) is 125 cm³/mol. The van der Waals surface area contributed by atoms with Crippen molar-refractivity contribution in [3.05, 3.63) is 53.6 Å². The van der Waals surface area contributed by atoms with E-state index in [2.05, 4.69) is 5.32 Å². The van der Waals surface area contributed by atoms with Gasteiger partial charge in [-0.1, -0.05) is 12.1 Å². The van der Waals surface area contributed by atoms with E-state index >= 15 is 0 Å². The molecule has 1 fully saturated rings. The quantitative estimate of drug-likeness (QED) is 0.658. The van der Waals surface area contributed by atoms with E-state index in [0.29, 0.717) is 5.56 Å². The minimum Gasteiger partial charge on any atom is -0.373 e. The molecule has 1 saturated heterocycles. The number of hydrogen-bond acceptors (Lipinski definition) is 6. The van der Waals surface area contributed by atoms with Gasteiger partial charge in [-0.2, -0.15) is 4.31 Å². The van der Waals surface area contributed by atoms with Crippen molar-refractivity contribution < 1.29 is 26.4 Å². The zero-order valence-corrected chi connectivity index (χ0v) is 20.9. The van der Waals surface area contributed by atoms with Crippen molar-refractivity contribution in [3.63, 3.8) is 0 Å². The van der Waals surface area contributed by atoms with Gasteiger partial charge in [0.15, 0.2) is 0 Å². The lowest BCUT2D eigenvalue weighted by Gasteiger charge is -2.34. The summed E-state index contributed by atoms with van der Waals surface area (Å²) in [5, 5.41) is 2.66. The number of nitrogens with zero attached hydrogens (tertiary/aromatic N) is 2. The largest absolute Gasteiger partial charge is 0.373 e. The van der Waals surface area contributed by atoms with Crippen molar-refractivity contribution in [2.45, 2.75) is 42.8 Å². The standard InChI is InChI=1S/C22H29N3O6S2/c1-15-9-10-19(12-21(15)33(29,30)24(4)5)23-22(26)18-7-6-8-20(11-18)32(27,28)25-13-16(2)31-17(3)14-25/h6-12,16-17H,13-14H2,1-5H3,(H,23,26)/t16-,17-/m1/s1. The van der Waals surface area contributed by atoms with Gasteiger partial charge in [-0.3, -0.25) is 4.79 Å². The lowest BCUT2D eigenvalue weighted by atomic mass is 10.2. The van der Waals surface area contributed by atoms with Crippen LogP contribution < -0.4 is 5.32 Å². The summed E-state index contributed by atoms with van der Waals surface area (Å²) in [7, 11) is -4.64. The molecule has 0 radical (unpaired) electrons. The molecule has 2 aromatic rings. The maximum absolute atomic E-state index is 13.1. The van der Waals surface area contributed by atoms with E-state index in [1.165, 1.54) is 48.7 Å². The third-order valence-corrected chi connectivity index (χ3v) is 9.11. The van der Waals surface area contributed by atoms with Crippen LogP contribution in [0.15, 0.2) is 52.3 Å². The topological polar surface area (TPSA) is 113 Å². The third-order valence-electron chi connectivity index (χ3n) is 5.32. The van der Waals surface area contributed by atoms with Gasteiger partial charge in [0, 0.05) is 38.4 Å². The van der Waals surface area contributed by atoms with Crippen molar-refractivity contribution >= 4 is 31.6 Å². The molecule has 0 aliphatic carbocycles. The Hall–Kier alpha value is -2.31. The summed E-state index contributed by atoms with van der Waals surface area (Å²) in [4.78, 5) is 12.9. The number of hydrogen-bond donors (Lipinski definition) is 1. The van der Waals surface area contributed by atoms with Crippen LogP contribution in [-0.2, 0) is 24.8 Å². The van der Waals surface area contributed by atoms with E-state index in [9.17, 15) is 21.6 Å². The molecule has 11 heteroatoms. The molecule has 9 nitrogen and oxygen atoms in total. The SMILES string of the molecule is Cc1ccc(NC(=O)c2cccc(S(=O)(=O)N3C[C@@H](C)O[C@H](C)C3)c2)cc1S(=O)(=O)N(C)C. The maximum Gasteiger partial charge on any atom is 0.255 e. The van der Waals surface area contributed by atoms with Gasteiger partial charge in [-0.25, -0.2) is 21.1 Å². The molecule has 0 aromatic heterocycles. The summed E-state index contributed by atoms with van der Waals surface area (Å²) in [6.45, 7) is 5.76. The van der Waals surface area contributed by atoms with Crippen LogP contribution in [0.4, 0.5) is 5.69 Å². The van der Waals surface area contributed by atoms with Crippen LogP contribution in [0.25, 0.3) is 0 Å². The summed E-state index contributed by atoms with van der Waals surface area (Å²) in [5.74, 6) is -0.548. The Balaban J connectivity index is 1.86. The van der Waals surface area contributed by atoms with Crippen molar-refractivity contribution in [2.75, 3.05) is 32.5 Å². The number of anilines is 1. The van der Waals surface area contributed by atoms with E-state index in [0.717, 1.165) is 4.31 Å². The lowest BCUT2D eigenvalue weighted by Crippen LogP contribution is -2.48. The first-order valence-electron chi connectivity index (χ1n) is 10.4. The second-order valence-electron chi connectivity index (χ2n) is 8.33. The van der Waals surface area contributed by atoms with Crippen LogP contribution in [-0.4, -0.2) is 70.7 Å². The highest BCUT2D eigenvalue weighted by molar-refractivity contribution is 7.89. The van der Waals surface area contributed by atoms with Crippen molar-refractivity contribution in [1.82, 2.24) is 8.61 Å². The van der Waals surface area contributed by atoms with Crippen LogP contribution in [0.3, 0.4) is 0 Å². The summed E-state index contributed by atoms with van der Waals surface area (Å²) in [6.07, 6.45) is -0.464. The smallest absolute Gasteiger partial charge is 0.255 e. The molecule has 0 spiro atoms. The van der Waals surface area contributed by atoms with Gasteiger partial charge in [0.25, 0.3) is 5.91 Å². The lowest BCUT2D eigenvalue weighted by molar-refractivity contribution is -0.0440. The molecule has 33 heavy (non-hydrogen) atoms. The molecule has 1 amide bonds. The monoisotopic (exact) mass is 495 g/mol. The number of amides is 1. The number of rotatable bonds is 6. The Labute approximate surface area is 195 Å². The van der Waals surface area contributed by atoms with Gasteiger partial charge in [0.1, 0.15) is 0 Å². The number of carbonyl (C=O) groups excluding carboxylic acids is 1. The van der Waals surface area contributed by atoms with Crippen molar-refractivity contribution in [2.24, 2.45) is 0 Å². The average Bonchev–Trinajstić information content (AvgIpc) is 2.74. The minimum absolute atomic E-state index is 0.0104. The molecule has 1 heterocycles. The highest BCUT2D eigenvalue weighted by Crippen LogP contribution is 2.24. The van der Waals surface area contributed by atoms with E-state index in [1.54, 1.807) is 19.1 Å². The first kappa shape index (κ1) is 25.3. The number of aryl methyl sites for hydroxylation is 1. The first-order valence-corrected chi connectivity index (χ1v) is 13.3. The number of morpholine rings is 1. The van der Waals surface area contributed by atoms with Crippen LogP contribution in [0.2, 0.25) is 0 Å². The van der Waals surface area contributed by atoms with E-state index < -0.39 is 26.0 Å².